The van der Waals surface area contributed by atoms with E-state index in [4.69, 9.17) is 2.74 Å². The second kappa shape index (κ2) is 3.01. The smallest absolute Gasteiger partial charge is 0.341 e. The lowest BCUT2D eigenvalue weighted by Gasteiger charge is -1.99. The molecule has 1 heterocycles. The lowest BCUT2D eigenvalue weighted by molar-refractivity contribution is 0.0597. The lowest BCUT2D eigenvalue weighted by atomic mass is 10.2. The molecule has 0 atom stereocenters. The van der Waals surface area contributed by atoms with Crippen molar-refractivity contribution in [2.45, 2.75) is 0 Å². The molecule has 4 heteroatoms. The van der Waals surface area contributed by atoms with E-state index in [1.54, 1.807) is 0 Å². The van der Waals surface area contributed by atoms with E-state index in [1.165, 1.54) is 0 Å². The summed E-state index contributed by atoms with van der Waals surface area (Å²) in [6.45, 7) is 0. The second-order valence-corrected chi connectivity index (χ2v) is 1.75. The van der Waals surface area contributed by atoms with Gasteiger partial charge in [0.1, 0.15) is 11.3 Å². The minimum absolute atomic E-state index is 0.215. The van der Waals surface area contributed by atoms with Crippen molar-refractivity contribution in [3.05, 3.63) is 24.0 Å². The molecular formula is C7H7NO3. The van der Waals surface area contributed by atoms with E-state index in [9.17, 15) is 9.90 Å². The highest BCUT2D eigenvalue weighted by molar-refractivity contribution is 5.91. The van der Waals surface area contributed by atoms with Gasteiger partial charge in [-0.25, -0.2) is 4.79 Å². The highest BCUT2D eigenvalue weighted by Crippen LogP contribution is 2.13. The summed E-state index contributed by atoms with van der Waals surface area (Å²) in [4.78, 5) is 14.3. The molecule has 0 bridgehead atoms. The van der Waals surface area contributed by atoms with E-state index in [-0.39, 0.29) is 11.7 Å². The Morgan fingerprint density at radius 2 is 2.64 bits per heavy atom. The molecule has 0 spiro atoms. The van der Waals surface area contributed by atoms with E-state index in [0.29, 0.717) is 0 Å². The van der Waals surface area contributed by atoms with Crippen LogP contribution in [0.5, 0.6) is 5.75 Å². The highest BCUT2D eigenvalue weighted by Gasteiger charge is 2.09. The normalized spacial score (nSPS) is 11.7. The Hall–Kier alpha value is -1.58. The van der Waals surface area contributed by atoms with Gasteiger partial charge in [-0.2, -0.15) is 0 Å². The maximum Gasteiger partial charge on any atom is 0.341 e. The fraction of sp³-hybridized carbons (Fsp3) is 0.143. The molecule has 0 aliphatic heterocycles. The van der Waals surface area contributed by atoms with Crippen molar-refractivity contribution in [1.82, 2.24) is 4.98 Å². The number of aromatic hydroxyl groups is 1. The van der Waals surface area contributed by atoms with E-state index in [2.05, 4.69) is 9.72 Å². The van der Waals surface area contributed by atoms with Crippen LogP contribution in [0.25, 0.3) is 0 Å². The number of hydrogen-bond acceptors (Lipinski definition) is 4. The molecule has 58 valence electrons. The fourth-order valence-corrected chi connectivity index (χ4v) is 0.576. The predicted octanol–water partition coefficient (Wildman–Crippen LogP) is 0.574. The third-order valence-corrected chi connectivity index (χ3v) is 1.10. The summed E-state index contributed by atoms with van der Waals surface area (Å²) < 4.78 is 18.5. The maximum atomic E-state index is 11.0. The Labute approximate surface area is 66.3 Å². The average Bonchev–Trinajstić information content (AvgIpc) is 2.10. The minimum Gasteiger partial charge on any atom is -0.505 e. The number of carbonyl (C=O) groups excluding carboxylic acids is 1. The number of pyridine rings is 1. The van der Waals surface area contributed by atoms with Crippen LogP contribution in [0.4, 0.5) is 0 Å². The fourth-order valence-electron chi connectivity index (χ4n) is 0.576. The van der Waals surface area contributed by atoms with Crippen molar-refractivity contribution in [2.24, 2.45) is 0 Å². The molecule has 1 rings (SSSR count). The van der Waals surface area contributed by atoms with Crippen LogP contribution in [0.1, 0.15) is 13.1 Å². The molecule has 0 saturated heterocycles. The Balaban J connectivity index is 3.28. The summed E-state index contributed by atoms with van der Waals surface area (Å²) >= 11 is 0. The van der Waals surface area contributed by atoms with Gasteiger partial charge in [0.2, 0.25) is 0 Å². The van der Waals surface area contributed by atoms with Crippen molar-refractivity contribution < 1.29 is 17.4 Å². The SMILES string of the molecule is [2H]c1cc(C(=O)OC)c(O)c([2H])n1. The van der Waals surface area contributed by atoms with Crippen molar-refractivity contribution in [1.29, 1.82) is 0 Å². The summed E-state index contributed by atoms with van der Waals surface area (Å²) in [5.74, 6) is -1.36. The number of methoxy groups -OCH3 is 1. The number of esters is 1. The van der Waals surface area contributed by atoms with E-state index in [0.717, 1.165) is 13.2 Å². The molecule has 1 N–H and O–H groups in total. The molecular weight excluding hydrogens is 146 g/mol. The monoisotopic (exact) mass is 155 g/mol. The van der Waals surface area contributed by atoms with Crippen molar-refractivity contribution in [3.8, 4) is 5.75 Å². The van der Waals surface area contributed by atoms with Gasteiger partial charge in [-0.05, 0) is 6.07 Å². The lowest BCUT2D eigenvalue weighted by Crippen LogP contribution is -2.01. The zero-order valence-electron chi connectivity index (χ0n) is 7.79. The Morgan fingerprint density at radius 1 is 1.91 bits per heavy atom. The molecule has 0 radical (unpaired) electrons. The zero-order chi connectivity index (χ0) is 10.0. The van der Waals surface area contributed by atoms with Gasteiger partial charge in [0.25, 0.3) is 0 Å². The number of nitrogens with zero attached hydrogens (tertiary/aromatic N) is 1. The minimum atomic E-state index is -0.790. The van der Waals surface area contributed by atoms with E-state index < -0.39 is 17.9 Å². The van der Waals surface area contributed by atoms with Crippen molar-refractivity contribution in [3.63, 3.8) is 0 Å². The van der Waals surface area contributed by atoms with Gasteiger partial charge < -0.3 is 9.84 Å². The first-order valence-electron chi connectivity index (χ1n) is 3.81. The quantitative estimate of drug-likeness (QED) is 0.602. The van der Waals surface area contributed by atoms with Gasteiger partial charge in [-0.1, -0.05) is 0 Å². The summed E-state index contributed by atoms with van der Waals surface area (Å²) in [7, 11) is 1.15. The van der Waals surface area contributed by atoms with Crippen LogP contribution in [0, 0.1) is 0 Å². The number of aromatic nitrogens is 1. The van der Waals surface area contributed by atoms with Gasteiger partial charge in [0.15, 0.2) is 0 Å². The molecule has 1 aromatic rings. The Bertz CT molecular complexity index is 354. The second-order valence-electron chi connectivity index (χ2n) is 1.75. The van der Waals surface area contributed by atoms with Crippen LogP contribution in [-0.4, -0.2) is 23.2 Å². The topological polar surface area (TPSA) is 59.4 Å². The molecule has 0 aliphatic rings. The number of hydrogen-bond donors (Lipinski definition) is 1. The Kier molecular flexibility index (Phi) is 1.40. The van der Waals surface area contributed by atoms with Crippen LogP contribution in [0.3, 0.4) is 0 Å². The third kappa shape index (κ3) is 1.46. The van der Waals surface area contributed by atoms with E-state index in [1.807, 2.05) is 0 Å². The Morgan fingerprint density at radius 3 is 3.27 bits per heavy atom. The van der Waals surface area contributed by atoms with Gasteiger partial charge in [-0.3, -0.25) is 4.98 Å². The summed E-state index contributed by atoms with van der Waals surface area (Å²) in [5, 5.41) is 9.19. The van der Waals surface area contributed by atoms with Crippen LogP contribution in [-0.2, 0) is 4.74 Å². The molecule has 0 amide bonds. The molecule has 11 heavy (non-hydrogen) atoms. The van der Waals surface area contributed by atoms with Gasteiger partial charge in [0.05, 0.1) is 16.0 Å². The average molecular weight is 155 g/mol. The standard InChI is InChI=1S/C7H7NO3/c1-11-7(10)5-2-3-8-4-6(5)9/h2-4,9H,1H3/i3D,4D. The number of rotatable bonds is 1. The van der Waals surface area contributed by atoms with Gasteiger partial charge in [0, 0.05) is 6.17 Å². The van der Waals surface area contributed by atoms with Crippen LogP contribution in [0.2, 0.25) is 0 Å². The molecule has 1 aromatic heterocycles. The first-order chi connectivity index (χ1) is 6.06. The van der Waals surface area contributed by atoms with Crippen LogP contribution in [0.15, 0.2) is 18.4 Å². The first-order valence-corrected chi connectivity index (χ1v) is 2.81. The van der Waals surface area contributed by atoms with Gasteiger partial charge >= 0.3 is 5.97 Å². The summed E-state index contributed by atoms with van der Waals surface area (Å²) in [5.41, 5.74) is -0.215. The molecule has 0 aromatic carbocycles. The molecule has 4 nitrogen and oxygen atoms in total. The predicted molar refractivity (Wildman–Crippen MR) is 37.2 cm³/mol. The zero-order valence-corrected chi connectivity index (χ0v) is 5.79. The molecule has 0 unspecified atom stereocenters. The largest absolute Gasteiger partial charge is 0.505 e. The summed E-state index contributed by atoms with van der Waals surface area (Å²) in [6.07, 6.45) is -0.767. The van der Waals surface area contributed by atoms with Crippen LogP contribution >= 0.6 is 0 Å². The third-order valence-electron chi connectivity index (χ3n) is 1.10. The van der Waals surface area contributed by atoms with Crippen molar-refractivity contribution in [2.75, 3.05) is 7.11 Å². The number of ether oxygens (including phenoxy) is 1. The van der Waals surface area contributed by atoms with Crippen molar-refractivity contribution >= 4 is 5.97 Å². The van der Waals surface area contributed by atoms with Gasteiger partial charge in [-0.15, -0.1) is 0 Å². The highest BCUT2D eigenvalue weighted by atomic mass is 16.5. The number of carbonyl (C=O) groups is 1. The summed E-state index contributed by atoms with van der Waals surface area (Å²) in [6, 6.07) is 1.04. The maximum absolute atomic E-state index is 11.0. The molecule has 0 saturated carbocycles. The first kappa shape index (κ1) is 5.12. The molecule has 0 aliphatic carbocycles. The molecule has 0 fully saturated rings. The van der Waals surface area contributed by atoms with Crippen LogP contribution < -0.4 is 0 Å². The van der Waals surface area contributed by atoms with E-state index >= 15 is 0 Å².